The van der Waals surface area contributed by atoms with E-state index >= 15 is 0 Å². The van der Waals surface area contributed by atoms with Gasteiger partial charge in [0.15, 0.2) is 0 Å². The van der Waals surface area contributed by atoms with Crippen molar-refractivity contribution in [2.45, 2.75) is 37.1 Å². The summed E-state index contributed by atoms with van der Waals surface area (Å²) in [6.45, 7) is 1.95. The average molecular weight is 468 g/mol. The second-order valence-corrected chi connectivity index (χ2v) is 9.55. The van der Waals surface area contributed by atoms with Gasteiger partial charge >= 0.3 is 0 Å². The van der Waals surface area contributed by atoms with Gasteiger partial charge in [0.05, 0.1) is 4.90 Å². The number of nitrogens with one attached hydrogen (secondary N) is 4. The molecule has 172 valence electrons. The van der Waals surface area contributed by atoms with Crippen molar-refractivity contribution in [1.82, 2.24) is 15.0 Å². The molecule has 33 heavy (non-hydrogen) atoms. The Morgan fingerprint density at radius 1 is 1.15 bits per heavy atom. The summed E-state index contributed by atoms with van der Waals surface area (Å²) in [6, 6.07) is 12.8. The molecule has 0 saturated carbocycles. The quantitative estimate of drug-likeness (QED) is 0.424. The Balaban J connectivity index is 1.52. The molecule has 3 aromatic rings. The number of amides is 2. The Bertz CT molecular complexity index is 1330. The summed E-state index contributed by atoms with van der Waals surface area (Å²) in [7, 11) is -3.81. The van der Waals surface area contributed by atoms with E-state index in [1.807, 2.05) is 30.5 Å². The van der Waals surface area contributed by atoms with Crippen LogP contribution in [0.3, 0.4) is 0 Å². The van der Waals surface area contributed by atoms with Crippen LogP contribution < -0.4 is 15.4 Å². The van der Waals surface area contributed by atoms with E-state index in [9.17, 15) is 18.0 Å². The Labute approximate surface area is 191 Å². The molecule has 0 radical (unpaired) electrons. The van der Waals surface area contributed by atoms with Crippen LogP contribution in [0.25, 0.3) is 10.9 Å². The maximum absolute atomic E-state index is 13.0. The number of hydrogen-bond donors (Lipinski definition) is 4. The van der Waals surface area contributed by atoms with Gasteiger partial charge in [0, 0.05) is 49.1 Å². The number of anilines is 1. The number of carbonyl (C=O) groups excluding carboxylic acids is 2. The molecule has 4 N–H and O–H groups in total. The normalized spacial score (nSPS) is 14.5. The molecule has 1 atom stereocenters. The molecule has 0 spiro atoms. The summed E-state index contributed by atoms with van der Waals surface area (Å²) in [6.07, 6.45) is 3.49. The first kappa shape index (κ1) is 22.5. The minimum absolute atomic E-state index is 0.0163. The van der Waals surface area contributed by atoms with Crippen molar-refractivity contribution < 1.29 is 18.0 Å². The fourth-order valence-electron chi connectivity index (χ4n) is 3.78. The molecule has 9 nitrogen and oxygen atoms in total. The van der Waals surface area contributed by atoms with Crippen molar-refractivity contribution in [1.29, 1.82) is 0 Å². The van der Waals surface area contributed by atoms with Crippen molar-refractivity contribution in [3.63, 3.8) is 0 Å². The molecule has 0 aliphatic carbocycles. The van der Waals surface area contributed by atoms with Gasteiger partial charge in [-0.2, -0.15) is 0 Å². The lowest BCUT2D eigenvalue weighted by atomic mass is 10.0. The maximum Gasteiger partial charge on any atom is 0.262 e. The standard InChI is InChI=1S/C23H25N5O4S/c1-15(29)26-21(12-16-14-25-20-9-3-2-8-19(16)20)23(30)27-17-6-4-7-18(13-17)33(31,32)28-22-10-5-11-24-22/h2-4,6-9,13-14,21,25H,5,10-12H2,1H3,(H,24,28)(H,26,29)(H,27,30)/t21-/m1/s1. The Kier molecular flexibility index (Phi) is 6.45. The number of aromatic nitrogens is 1. The third-order valence-electron chi connectivity index (χ3n) is 5.33. The van der Waals surface area contributed by atoms with Gasteiger partial charge in [-0.15, -0.1) is 0 Å². The van der Waals surface area contributed by atoms with E-state index in [2.05, 4.69) is 25.3 Å². The molecule has 1 aromatic heterocycles. The first-order chi connectivity index (χ1) is 15.8. The van der Waals surface area contributed by atoms with Crippen molar-refractivity contribution in [3.8, 4) is 0 Å². The summed E-state index contributed by atoms with van der Waals surface area (Å²) in [5, 5.41) is 6.38. The number of aliphatic imine (C=N–C) groups is 1. The number of benzene rings is 2. The first-order valence-electron chi connectivity index (χ1n) is 10.6. The number of sulfonamides is 1. The molecular weight excluding hydrogens is 442 g/mol. The number of hydrogen-bond acceptors (Lipinski definition) is 5. The third kappa shape index (κ3) is 5.40. The highest BCUT2D eigenvalue weighted by atomic mass is 32.2. The van der Waals surface area contributed by atoms with Crippen LogP contribution in [0.5, 0.6) is 0 Å². The molecule has 2 aromatic carbocycles. The summed E-state index contributed by atoms with van der Waals surface area (Å²) in [5.74, 6) is -0.347. The minimum Gasteiger partial charge on any atom is -0.361 e. The zero-order chi connectivity index (χ0) is 23.4. The van der Waals surface area contributed by atoms with E-state index in [0.29, 0.717) is 24.5 Å². The summed E-state index contributed by atoms with van der Waals surface area (Å²) in [4.78, 5) is 32.1. The molecule has 4 rings (SSSR count). The van der Waals surface area contributed by atoms with E-state index in [0.717, 1.165) is 22.9 Å². The topological polar surface area (TPSA) is 133 Å². The molecule has 1 aliphatic heterocycles. The average Bonchev–Trinajstić information content (AvgIpc) is 3.43. The monoisotopic (exact) mass is 467 g/mol. The van der Waals surface area contributed by atoms with Crippen LogP contribution in [-0.4, -0.2) is 43.6 Å². The Morgan fingerprint density at radius 3 is 2.73 bits per heavy atom. The van der Waals surface area contributed by atoms with Crippen molar-refractivity contribution >= 4 is 44.3 Å². The largest absolute Gasteiger partial charge is 0.361 e. The fourth-order valence-corrected chi connectivity index (χ4v) is 4.92. The Hall–Kier alpha value is -3.66. The number of carbonyl (C=O) groups is 2. The van der Waals surface area contributed by atoms with Gasteiger partial charge < -0.3 is 15.6 Å². The molecule has 0 bridgehead atoms. The van der Waals surface area contributed by atoms with Gasteiger partial charge in [0.25, 0.3) is 10.0 Å². The lowest BCUT2D eigenvalue weighted by Crippen LogP contribution is -2.44. The fraction of sp³-hybridized carbons (Fsp3) is 0.261. The highest BCUT2D eigenvalue weighted by Gasteiger charge is 2.23. The van der Waals surface area contributed by atoms with Crippen LogP contribution in [0.15, 0.2) is 64.6 Å². The highest BCUT2D eigenvalue weighted by molar-refractivity contribution is 7.90. The lowest BCUT2D eigenvalue weighted by Gasteiger charge is -2.18. The second kappa shape index (κ2) is 9.45. The van der Waals surface area contributed by atoms with Crippen LogP contribution in [0, 0.1) is 0 Å². The molecule has 0 fully saturated rings. The number of aromatic amines is 1. The van der Waals surface area contributed by atoms with E-state index in [1.54, 1.807) is 12.1 Å². The number of amidine groups is 1. The zero-order valence-electron chi connectivity index (χ0n) is 18.1. The van der Waals surface area contributed by atoms with Gasteiger partial charge in [-0.1, -0.05) is 24.3 Å². The number of H-pyrrole nitrogens is 1. The van der Waals surface area contributed by atoms with E-state index < -0.39 is 22.0 Å². The molecule has 2 amide bonds. The molecule has 0 saturated heterocycles. The van der Waals surface area contributed by atoms with Gasteiger partial charge in [-0.05, 0) is 36.2 Å². The number of fused-ring (bicyclic) bond motifs is 1. The van der Waals surface area contributed by atoms with Gasteiger partial charge in [-0.25, -0.2) is 8.42 Å². The van der Waals surface area contributed by atoms with Crippen LogP contribution in [-0.2, 0) is 26.0 Å². The molecule has 2 heterocycles. The van der Waals surface area contributed by atoms with Crippen molar-refractivity contribution in [3.05, 3.63) is 60.3 Å². The van der Waals surface area contributed by atoms with Gasteiger partial charge in [0.1, 0.15) is 11.9 Å². The number of nitrogens with zero attached hydrogens (tertiary/aromatic N) is 1. The van der Waals surface area contributed by atoms with E-state index in [1.165, 1.54) is 19.1 Å². The van der Waals surface area contributed by atoms with Crippen LogP contribution in [0.4, 0.5) is 5.69 Å². The van der Waals surface area contributed by atoms with Gasteiger partial charge in [-0.3, -0.25) is 19.3 Å². The molecule has 10 heteroatoms. The van der Waals surface area contributed by atoms with Crippen LogP contribution >= 0.6 is 0 Å². The van der Waals surface area contributed by atoms with Crippen molar-refractivity contribution in [2.24, 2.45) is 4.99 Å². The van der Waals surface area contributed by atoms with Crippen LogP contribution in [0.1, 0.15) is 25.3 Å². The van der Waals surface area contributed by atoms with E-state index in [-0.39, 0.29) is 17.2 Å². The second-order valence-electron chi connectivity index (χ2n) is 7.87. The first-order valence-corrected chi connectivity index (χ1v) is 12.1. The molecule has 0 unspecified atom stereocenters. The lowest BCUT2D eigenvalue weighted by molar-refractivity contribution is -0.125. The van der Waals surface area contributed by atoms with Crippen molar-refractivity contribution in [2.75, 3.05) is 11.9 Å². The number of rotatable bonds is 7. The Morgan fingerprint density at radius 2 is 1.97 bits per heavy atom. The third-order valence-corrected chi connectivity index (χ3v) is 6.71. The molecule has 1 aliphatic rings. The summed E-state index contributed by atoms with van der Waals surface area (Å²) < 4.78 is 27.8. The SMILES string of the molecule is CC(=O)N[C@H](Cc1c[nH]c2ccccc12)C(=O)Nc1cccc(S(=O)(=O)NC2=NCCC2)c1. The predicted octanol–water partition coefficient (Wildman–Crippen LogP) is 2.32. The maximum atomic E-state index is 13.0. The minimum atomic E-state index is -3.81. The van der Waals surface area contributed by atoms with E-state index in [4.69, 9.17) is 0 Å². The van der Waals surface area contributed by atoms with Gasteiger partial charge in [0.2, 0.25) is 11.8 Å². The summed E-state index contributed by atoms with van der Waals surface area (Å²) in [5.41, 5.74) is 2.13. The number of para-hydroxylation sites is 1. The zero-order valence-corrected chi connectivity index (χ0v) is 18.9. The predicted molar refractivity (Wildman–Crippen MR) is 127 cm³/mol. The summed E-state index contributed by atoms with van der Waals surface area (Å²) >= 11 is 0. The highest BCUT2D eigenvalue weighted by Crippen LogP contribution is 2.21. The van der Waals surface area contributed by atoms with Crippen LogP contribution in [0.2, 0.25) is 0 Å². The smallest absolute Gasteiger partial charge is 0.262 e. The molecular formula is C23H25N5O4S.